The summed E-state index contributed by atoms with van der Waals surface area (Å²) in [5.74, 6) is 1.51. The summed E-state index contributed by atoms with van der Waals surface area (Å²) < 4.78 is 0. The first kappa shape index (κ1) is 14.6. The first-order chi connectivity index (χ1) is 9.66. The molecular formula is C15H17Cl2NOS. The number of thioether (sulfide) groups is 1. The van der Waals surface area contributed by atoms with Gasteiger partial charge >= 0.3 is 0 Å². The van der Waals surface area contributed by atoms with Gasteiger partial charge in [0, 0.05) is 33.8 Å². The number of carbonyl (C=O) groups is 1. The Labute approximate surface area is 133 Å². The third-order valence-corrected chi connectivity index (χ3v) is 5.91. The molecular weight excluding hydrogens is 313 g/mol. The summed E-state index contributed by atoms with van der Waals surface area (Å²) in [5, 5.41) is 1.34. The zero-order chi connectivity index (χ0) is 14.1. The van der Waals surface area contributed by atoms with Crippen molar-refractivity contribution < 1.29 is 4.79 Å². The maximum Gasteiger partial charge on any atom is 0.226 e. The number of rotatable bonds is 2. The maximum absolute atomic E-state index is 12.7. The average Bonchev–Trinajstić information content (AvgIpc) is 3.09. The van der Waals surface area contributed by atoms with E-state index in [1.807, 2.05) is 17.0 Å². The second-order valence-corrected chi connectivity index (χ2v) is 7.43. The van der Waals surface area contributed by atoms with E-state index in [0.29, 0.717) is 16.0 Å². The standard InChI is InChI=1S/C15H17Cl2NOS/c16-11-5-6-12(13(17)9-11)15-18(7-8-20-15)14(19)10-3-1-2-4-10/h5-6,9-10,15H,1-4,7-8H2/t15-/m0/s1. The second kappa shape index (κ2) is 6.17. The number of halogens is 2. The van der Waals surface area contributed by atoms with E-state index in [9.17, 15) is 4.79 Å². The molecule has 0 unspecified atom stereocenters. The van der Waals surface area contributed by atoms with Gasteiger partial charge in [-0.2, -0.15) is 0 Å². The quantitative estimate of drug-likeness (QED) is 0.779. The van der Waals surface area contributed by atoms with Gasteiger partial charge in [0.1, 0.15) is 5.37 Å². The van der Waals surface area contributed by atoms with Gasteiger partial charge in [-0.05, 0) is 25.0 Å². The molecule has 1 saturated carbocycles. The highest BCUT2D eigenvalue weighted by Crippen LogP contribution is 2.43. The number of hydrogen-bond donors (Lipinski definition) is 0. The fourth-order valence-electron chi connectivity index (χ4n) is 3.06. The van der Waals surface area contributed by atoms with Crippen molar-refractivity contribution in [3.05, 3.63) is 33.8 Å². The summed E-state index contributed by atoms with van der Waals surface area (Å²) in [6, 6.07) is 5.55. The summed E-state index contributed by atoms with van der Waals surface area (Å²) >= 11 is 14.0. The highest BCUT2D eigenvalue weighted by Gasteiger charge is 2.36. The minimum absolute atomic E-state index is 0.0490. The van der Waals surface area contributed by atoms with Crippen LogP contribution < -0.4 is 0 Å². The van der Waals surface area contributed by atoms with Gasteiger partial charge in [-0.1, -0.05) is 42.1 Å². The van der Waals surface area contributed by atoms with Crippen LogP contribution in [0, 0.1) is 5.92 Å². The van der Waals surface area contributed by atoms with Crippen LogP contribution >= 0.6 is 35.0 Å². The fraction of sp³-hybridized carbons (Fsp3) is 0.533. The van der Waals surface area contributed by atoms with E-state index in [-0.39, 0.29) is 11.3 Å². The summed E-state index contributed by atoms with van der Waals surface area (Å²) in [6.45, 7) is 0.823. The van der Waals surface area contributed by atoms with Gasteiger partial charge < -0.3 is 4.90 Å². The normalized spacial score (nSPS) is 23.5. The van der Waals surface area contributed by atoms with E-state index >= 15 is 0 Å². The molecule has 2 fully saturated rings. The minimum Gasteiger partial charge on any atom is -0.325 e. The maximum atomic E-state index is 12.7. The van der Waals surface area contributed by atoms with Crippen molar-refractivity contribution in [3.63, 3.8) is 0 Å². The van der Waals surface area contributed by atoms with Crippen LogP contribution in [0.3, 0.4) is 0 Å². The molecule has 0 radical (unpaired) electrons. The van der Waals surface area contributed by atoms with Gasteiger partial charge in [0.05, 0.1) is 0 Å². The zero-order valence-electron chi connectivity index (χ0n) is 11.1. The molecule has 2 aliphatic rings. The van der Waals surface area contributed by atoms with E-state index in [4.69, 9.17) is 23.2 Å². The first-order valence-corrected chi connectivity index (χ1v) is 8.84. The molecule has 5 heteroatoms. The predicted molar refractivity (Wildman–Crippen MR) is 85.3 cm³/mol. The zero-order valence-corrected chi connectivity index (χ0v) is 13.5. The summed E-state index contributed by atoms with van der Waals surface area (Å²) in [4.78, 5) is 14.7. The molecule has 1 atom stereocenters. The van der Waals surface area contributed by atoms with E-state index in [1.165, 1.54) is 12.8 Å². The lowest BCUT2D eigenvalue weighted by Gasteiger charge is -2.27. The lowest BCUT2D eigenvalue weighted by molar-refractivity contribution is -0.135. The third kappa shape index (κ3) is 2.81. The van der Waals surface area contributed by atoms with Crippen molar-refractivity contribution in [2.45, 2.75) is 31.1 Å². The van der Waals surface area contributed by atoms with Gasteiger partial charge in [-0.25, -0.2) is 0 Å². The fourth-order valence-corrected chi connectivity index (χ4v) is 4.94. The Morgan fingerprint density at radius 1 is 1.25 bits per heavy atom. The van der Waals surface area contributed by atoms with Crippen molar-refractivity contribution in [1.29, 1.82) is 0 Å². The molecule has 1 aliphatic heterocycles. The number of benzene rings is 1. The molecule has 1 aromatic rings. The van der Waals surface area contributed by atoms with E-state index in [0.717, 1.165) is 30.7 Å². The van der Waals surface area contributed by atoms with Crippen LogP contribution in [0.5, 0.6) is 0 Å². The van der Waals surface area contributed by atoms with Crippen molar-refractivity contribution in [2.75, 3.05) is 12.3 Å². The van der Waals surface area contributed by atoms with E-state index in [2.05, 4.69) is 0 Å². The van der Waals surface area contributed by atoms with Crippen molar-refractivity contribution in [1.82, 2.24) is 4.90 Å². The summed E-state index contributed by atoms with van der Waals surface area (Å²) in [5.41, 5.74) is 1.00. The average molecular weight is 330 g/mol. The molecule has 1 amide bonds. The van der Waals surface area contributed by atoms with Gasteiger partial charge in [-0.15, -0.1) is 11.8 Å². The predicted octanol–water partition coefficient (Wildman–Crippen LogP) is 4.76. The van der Waals surface area contributed by atoms with Crippen LogP contribution in [0.25, 0.3) is 0 Å². The highest BCUT2D eigenvalue weighted by molar-refractivity contribution is 7.99. The SMILES string of the molecule is O=C(C1CCCC1)N1CCS[C@H]1c1ccc(Cl)cc1Cl. The Kier molecular flexibility index (Phi) is 4.49. The van der Waals surface area contributed by atoms with E-state index in [1.54, 1.807) is 17.8 Å². The summed E-state index contributed by atoms with van der Waals surface area (Å²) in [6.07, 6.45) is 4.45. The Balaban J connectivity index is 1.82. The van der Waals surface area contributed by atoms with Gasteiger partial charge in [0.2, 0.25) is 5.91 Å². The number of amides is 1. The Hall–Kier alpha value is -0.380. The lowest BCUT2D eigenvalue weighted by atomic mass is 10.1. The molecule has 2 nitrogen and oxygen atoms in total. The summed E-state index contributed by atoms with van der Waals surface area (Å²) in [7, 11) is 0. The molecule has 0 aromatic heterocycles. The van der Waals surface area contributed by atoms with E-state index < -0.39 is 0 Å². The van der Waals surface area contributed by atoms with Crippen molar-refractivity contribution in [2.24, 2.45) is 5.92 Å². The largest absolute Gasteiger partial charge is 0.325 e. The molecule has 20 heavy (non-hydrogen) atoms. The molecule has 1 aliphatic carbocycles. The topological polar surface area (TPSA) is 20.3 Å². The monoisotopic (exact) mass is 329 g/mol. The van der Waals surface area contributed by atoms with Gasteiger partial charge in [0.15, 0.2) is 0 Å². The molecule has 3 rings (SSSR count). The lowest BCUT2D eigenvalue weighted by Crippen LogP contribution is -2.34. The molecule has 1 heterocycles. The third-order valence-electron chi connectivity index (χ3n) is 4.11. The molecule has 0 spiro atoms. The number of nitrogens with zero attached hydrogens (tertiary/aromatic N) is 1. The second-order valence-electron chi connectivity index (χ2n) is 5.40. The molecule has 1 saturated heterocycles. The molecule has 0 N–H and O–H groups in total. The first-order valence-electron chi connectivity index (χ1n) is 7.04. The van der Waals surface area contributed by atoms with Crippen molar-refractivity contribution in [3.8, 4) is 0 Å². The van der Waals surface area contributed by atoms with Crippen LogP contribution in [0.15, 0.2) is 18.2 Å². The van der Waals surface area contributed by atoms with Gasteiger partial charge in [0.25, 0.3) is 0 Å². The molecule has 0 bridgehead atoms. The van der Waals surface area contributed by atoms with Gasteiger partial charge in [-0.3, -0.25) is 4.79 Å². The molecule has 108 valence electrons. The van der Waals surface area contributed by atoms with Crippen LogP contribution in [0.2, 0.25) is 10.0 Å². The Morgan fingerprint density at radius 3 is 2.70 bits per heavy atom. The van der Waals surface area contributed by atoms with Crippen molar-refractivity contribution >= 4 is 40.9 Å². The number of hydrogen-bond acceptors (Lipinski definition) is 2. The van der Waals surface area contributed by atoms with Crippen LogP contribution in [0.4, 0.5) is 0 Å². The molecule has 1 aromatic carbocycles. The van der Waals surface area contributed by atoms with Crippen LogP contribution in [-0.2, 0) is 4.79 Å². The van der Waals surface area contributed by atoms with Crippen LogP contribution in [-0.4, -0.2) is 23.1 Å². The Morgan fingerprint density at radius 2 is 2.00 bits per heavy atom. The minimum atomic E-state index is 0.0490. The Bertz CT molecular complexity index is 517. The number of carbonyl (C=O) groups excluding carboxylic acids is 1. The highest BCUT2D eigenvalue weighted by atomic mass is 35.5. The smallest absolute Gasteiger partial charge is 0.226 e. The van der Waals surface area contributed by atoms with Crippen LogP contribution in [0.1, 0.15) is 36.6 Å².